The Morgan fingerprint density at radius 1 is 1.73 bits per heavy atom. The number of carbonyl (C=O) groups excluding carboxylic acids is 1. The molecule has 1 heterocycles. The molecule has 0 saturated heterocycles. The number of ether oxygens (including phenoxy) is 1. The van der Waals surface area contributed by atoms with E-state index in [1.165, 1.54) is 6.08 Å². The minimum atomic E-state index is -0.782. The summed E-state index contributed by atoms with van der Waals surface area (Å²) in [5, 5.41) is 17.4. The van der Waals surface area contributed by atoms with Gasteiger partial charge in [0.1, 0.15) is 6.61 Å². The molecule has 11 heavy (non-hydrogen) atoms. The third kappa shape index (κ3) is 2.32. The standard InChI is InChI=1S/C7H10O4/c8-3-6(9)1-5-2-7(10)11-4-5/h2,6,8-9H,1,3-4H2/t6-/m0/s1. The summed E-state index contributed by atoms with van der Waals surface area (Å²) < 4.78 is 4.59. The van der Waals surface area contributed by atoms with Crippen LogP contribution in [0.25, 0.3) is 0 Å². The lowest BCUT2D eigenvalue weighted by atomic mass is 10.1. The Labute approximate surface area is 64.1 Å². The minimum absolute atomic E-state index is 0.246. The fourth-order valence-corrected chi connectivity index (χ4v) is 0.899. The molecular weight excluding hydrogens is 148 g/mol. The molecule has 0 amide bonds. The lowest BCUT2D eigenvalue weighted by Crippen LogP contribution is -2.12. The molecule has 0 aromatic carbocycles. The Bertz CT molecular complexity index is 185. The number of hydrogen-bond acceptors (Lipinski definition) is 4. The summed E-state index contributed by atoms with van der Waals surface area (Å²) in [5.41, 5.74) is 0.733. The molecule has 1 aliphatic rings. The fraction of sp³-hybridized carbons (Fsp3) is 0.571. The van der Waals surface area contributed by atoms with Crippen molar-refractivity contribution in [2.45, 2.75) is 12.5 Å². The van der Waals surface area contributed by atoms with Gasteiger partial charge in [-0.05, 0) is 5.57 Å². The Hall–Kier alpha value is -0.870. The van der Waals surface area contributed by atoms with Crippen molar-refractivity contribution in [3.8, 4) is 0 Å². The van der Waals surface area contributed by atoms with Crippen LogP contribution >= 0.6 is 0 Å². The average Bonchev–Trinajstić information content (AvgIpc) is 2.35. The van der Waals surface area contributed by atoms with Crippen LogP contribution in [0.1, 0.15) is 6.42 Å². The van der Waals surface area contributed by atoms with E-state index in [0.717, 1.165) is 5.57 Å². The van der Waals surface area contributed by atoms with E-state index in [1.54, 1.807) is 0 Å². The Morgan fingerprint density at radius 2 is 2.45 bits per heavy atom. The van der Waals surface area contributed by atoms with Crippen LogP contribution in [0.15, 0.2) is 11.6 Å². The van der Waals surface area contributed by atoms with Gasteiger partial charge in [-0.2, -0.15) is 0 Å². The molecule has 0 unspecified atom stereocenters. The van der Waals surface area contributed by atoms with Crippen molar-refractivity contribution in [1.29, 1.82) is 0 Å². The van der Waals surface area contributed by atoms with Crippen LogP contribution in [0.3, 0.4) is 0 Å². The van der Waals surface area contributed by atoms with Gasteiger partial charge in [-0.25, -0.2) is 4.79 Å². The maximum absolute atomic E-state index is 10.5. The number of aliphatic hydroxyl groups is 2. The number of rotatable bonds is 3. The van der Waals surface area contributed by atoms with Crippen LogP contribution in [0.2, 0.25) is 0 Å². The maximum atomic E-state index is 10.5. The second-order valence-corrected chi connectivity index (χ2v) is 2.45. The Kier molecular flexibility index (Phi) is 2.62. The molecular formula is C7H10O4. The zero-order valence-electron chi connectivity index (χ0n) is 5.99. The normalized spacial score (nSPS) is 19.5. The first-order valence-electron chi connectivity index (χ1n) is 3.37. The van der Waals surface area contributed by atoms with Crippen molar-refractivity contribution < 1.29 is 19.7 Å². The van der Waals surface area contributed by atoms with Gasteiger partial charge < -0.3 is 14.9 Å². The number of cyclic esters (lactones) is 1. The van der Waals surface area contributed by atoms with Crippen LogP contribution in [0, 0.1) is 0 Å². The molecule has 4 nitrogen and oxygen atoms in total. The summed E-state index contributed by atoms with van der Waals surface area (Å²) in [4.78, 5) is 10.5. The van der Waals surface area contributed by atoms with Gasteiger partial charge in [-0.15, -0.1) is 0 Å². The summed E-state index contributed by atoms with van der Waals surface area (Å²) in [6, 6.07) is 0. The van der Waals surface area contributed by atoms with E-state index in [2.05, 4.69) is 4.74 Å². The van der Waals surface area contributed by atoms with Gasteiger partial charge >= 0.3 is 5.97 Å². The number of esters is 1. The van der Waals surface area contributed by atoms with E-state index in [4.69, 9.17) is 10.2 Å². The third-order valence-electron chi connectivity index (χ3n) is 1.43. The SMILES string of the molecule is O=C1C=C(C[C@H](O)CO)CO1. The molecule has 0 fully saturated rings. The summed E-state index contributed by atoms with van der Waals surface area (Å²) in [6.45, 7) is -0.0403. The van der Waals surface area contributed by atoms with E-state index in [1.807, 2.05) is 0 Å². The maximum Gasteiger partial charge on any atom is 0.331 e. The fourth-order valence-electron chi connectivity index (χ4n) is 0.899. The highest BCUT2D eigenvalue weighted by Crippen LogP contribution is 2.11. The smallest absolute Gasteiger partial charge is 0.331 e. The van der Waals surface area contributed by atoms with Crippen LogP contribution in [-0.2, 0) is 9.53 Å². The van der Waals surface area contributed by atoms with E-state index in [-0.39, 0.29) is 19.2 Å². The molecule has 2 N–H and O–H groups in total. The van der Waals surface area contributed by atoms with Crippen LogP contribution in [0.4, 0.5) is 0 Å². The van der Waals surface area contributed by atoms with E-state index in [9.17, 15) is 4.79 Å². The van der Waals surface area contributed by atoms with Crippen molar-refractivity contribution in [3.05, 3.63) is 11.6 Å². The van der Waals surface area contributed by atoms with Crippen LogP contribution in [-0.4, -0.2) is 35.5 Å². The molecule has 0 spiro atoms. The lowest BCUT2D eigenvalue weighted by molar-refractivity contribution is -0.134. The second kappa shape index (κ2) is 3.50. The van der Waals surface area contributed by atoms with E-state index < -0.39 is 6.10 Å². The van der Waals surface area contributed by atoms with Gasteiger partial charge in [0.15, 0.2) is 0 Å². The highest BCUT2D eigenvalue weighted by molar-refractivity contribution is 5.85. The Morgan fingerprint density at radius 3 is 2.91 bits per heavy atom. The predicted octanol–water partition coefficient (Wildman–Crippen LogP) is -0.787. The molecule has 1 atom stereocenters. The zero-order valence-corrected chi connectivity index (χ0v) is 5.99. The highest BCUT2D eigenvalue weighted by atomic mass is 16.5. The van der Waals surface area contributed by atoms with Gasteiger partial charge in [0.25, 0.3) is 0 Å². The third-order valence-corrected chi connectivity index (χ3v) is 1.43. The molecule has 0 saturated carbocycles. The van der Waals surface area contributed by atoms with Gasteiger partial charge in [-0.3, -0.25) is 0 Å². The minimum Gasteiger partial charge on any atom is -0.458 e. The average molecular weight is 158 g/mol. The van der Waals surface area contributed by atoms with E-state index >= 15 is 0 Å². The molecule has 0 aliphatic carbocycles. The molecule has 4 heteroatoms. The van der Waals surface area contributed by atoms with Crippen molar-refractivity contribution in [2.24, 2.45) is 0 Å². The van der Waals surface area contributed by atoms with Gasteiger partial charge in [0, 0.05) is 12.5 Å². The van der Waals surface area contributed by atoms with E-state index in [0.29, 0.717) is 6.42 Å². The summed E-state index contributed by atoms with van der Waals surface area (Å²) >= 11 is 0. The molecule has 0 radical (unpaired) electrons. The van der Waals surface area contributed by atoms with Crippen molar-refractivity contribution in [1.82, 2.24) is 0 Å². The first kappa shape index (κ1) is 8.23. The zero-order chi connectivity index (χ0) is 8.27. The summed E-state index contributed by atoms with van der Waals surface area (Å²) in [7, 11) is 0. The van der Waals surface area contributed by atoms with Crippen molar-refractivity contribution in [2.75, 3.05) is 13.2 Å². The molecule has 0 aromatic rings. The van der Waals surface area contributed by atoms with Crippen molar-refractivity contribution >= 4 is 5.97 Å². The quantitative estimate of drug-likeness (QED) is 0.528. The highest BCUT2D eigenvalue weighted by Gasteiger charge is 2.15. The number of aliphatic hydroxyl groups excluding tert-OH is 2. The van der Waals surface area contributed by atoms with Gasteiger partial charge in [0.2, 0.25) is 0 Å². The monoisotopic (exact) mass is 158 g/mol. The number of carbonyl (C=O) groups is 1. The number of hydrogen-bond donors (Lipinski definition) is 2. The summed E-state index contributed by atoms with van der Waals surface area (Å²) in [5.74, 6) is -0.370. The Balaban J connectivity index is 2.38. The van der Waals surface area contributed by atoms with Crippen molar-refractivity contribution in [3.63, 3.8) is 0 Å². The first-order valence-corrected chi connectivity index (χ1v) is 3.37. The molecule has 0 bridgehead atoms. The first-order chi connectivity index (χ1) is 5.22. The molecule has 1 rings (SSSR count). The second-order valence-electron chi connectivity index (χ2n) is 2.45. The van der Waals surface area contributed by atoms with Gasteiger partial charge in [0.05, 0.1) is 12.7 Å². The lowest BCUT2D eigenvalue weighted by Gasteiger charge is -2.05. The molecule has 1 aliphatic heterocycles. The predicted molar refractivity (Wildman–Crippen MR) is 36.8 cm³/mol. The molecule has 0 aromatic heterocycles. The van der Waals surface area contributed by atoms with Crippen LogP contribution < -0.4 is 0 Å². The largest absolute Gasteiger partial charge is 0.458 e. The summed E-state index contributed by atoms with van der Waals surface area (Å²) in [6.07, 6.45) is 0.872. The van der Waals surface area contributed by atoms with Gasteiger partial charge in [-0.1, -0.05) is 0 Å². The molecule has 62 valence electrons. The topological polar surface area (TPSA) is 66.8 Å². The van der Waals surface area contributed by atoms with Crippen LogP contribution in [0.5, 0.6) is 0 Å².